The van der Waals surface area contributed by atoms with Gasteiger partial charge in [0.05, 0.1) is 16.0 Å². The van der Waals surface area contributed by atoms with Gasteiger partial charge in [-0.3, -0.25) is 4.79 Å². The van der Waals surface area contributed by atoms with Crippen LogP contribution in [0.2, 0.25) is 8.67 Å². The molecule has 8 heteroatoms. The molecule has 0 unspecified atom stereocenters. The third-order valence-electron chi connectivity index (χ3n) is 2.71. The number of hydrogen-bond donors (Lipinski definition) is 2. The minimum Gasteiger partial charge on any atom is -0.480 e. The van der Waals surface area contributed by atoms with Crippen LogP contribution in [0.25, 0.3) is 0 Å². The Balaban J connectivity index is 2.28. The summed E-state index contributed by atoms with van der Waals surface area (Å²) in [5.74, 6) is -1.66. The topological polar surface area (TPSA) is 77.8 Å². The van der Waals surface area contributed by atoms with E-state index in [4.69, 9.17) is 28.3 Å². The Labute approximate surface area is 117 Å². The maximum atomic E-state index is 12.2. The molecule has 0 saturated carbocycles. The van der Waals surface area contributed by atoms with Crippen molar-refractivity contribution in [3.8, 4) is 0 Å². The van der Waals surface area contributed by atoms with Crippen molar-refractivity contribution >= 4 is 46.4 Å². The fourth-order valence-electron chi connectivity index (χ4n) is 1.91. The number of amides is 1. The van der Waals surface area contributed by atoms with Gasteiger partial charge in [0.25, 0.3) is 5.91 Å². The van der Waals surface area contributed by atoms with Crippen LogP contribution in [0.1, 0.15) is 16.8 Å². The molecule has 5 nitrogen and oxygen atoms in total. The first-order valence-corrected chi connectivity index (χ1v) is 6.64. The van der Waals surface area contributed by atoms with Crippen LogP contribution in [-0.4, -0.2) is 45.7 Å². The summed E-state index contributed by atoms with van der Waals surface area (Å²) >= 11 is 12.6. The van der Waals surface area contributed by atoms with Gasteiger partial charge in [0, 0.05) is 13.0 Å². The number of carboxylic acids is 1. The summed E-state index contributed by atoms with van der Waals surface area (Å²) in [6.45, 7) is -0.0143. The first-order valence-electron chi connectivity index (χ1n) is 5.07. The van der Waals surface area contributed by atoms with Crippen molar-refractivity contribution in [2.24, 2.45) is 0 Å². The highest BCUT2D eigenvalue weighted by molar-refractivity contribution is 7.20. The normalized spacial score (nSPS) is 23.4. The minimum absolute atomic E-state index is 0.0143. The fourth-order valence-corrected chi connectivity index (χ4v) is 3.36. The van der Waals surface area contributed by atoms with Gasteiger partial charge in [-0.2, -0.15) is 0 Å². The van der Waals surface area contributed by atoms with Gasteiger partial charge in [0.2, 0.25) is 0 Å². The number of carboxylic acid groups (broad SMARTS) is 1. The Morgan fingerprint density at radius 2 is 2.11 bits per heavy atom. The number of aliphatic hydroxyl groups excluding tert-OH is 1. The highest BCUT2D eigenvalue weighted by atomic mass is 35.5. The third kappa shape index (κ3) is 2.47. The van der Waals surface area contributed by atoms with E-state index in [0.29, 0.717) is 4.34 Å². The Bertz CT molecular complexity index is 504. The van der Waals surface area contributed by atoms with Crippen LogP contribution in [0.15, 0.2) is 6.07 Å². The second-order valence-electron chi connectivity index (χ2n) is 3.94. The molecule has 1 aliphatic heterocycles. The molecule has 98 valence electrons. The Kier molecular flexibility index (Phi) is 3.82. The van der Waals surface area contributed by atoms with Gasteiger partial charge in [-0.25, -0.2) is 4.79 Å². The van der Waals surface area contributed by atoms with Crippen molar-refractivity contribution in [2.45, 2.75) is 18.6 Å². The quantitative estimate of drug-likeness (QED) is 0.872. The van der Waals surface area contributed by atoms with E-state index in [1.165, 1.54) is 6.07 Å². The van der Waals surface area contributed by atoms with Crippen LogP contribution >= 0.6 is 34.5 Å². The Morgan fingerprint density at radius 1 is 1.44 bits per heavy atom. The lowest BCUT2D eigenvalue weighted by molar-refractivity contribution is -0.141. The molecule has 0 radical (unpaired) electrons. The number of carbonyl (C=O) groups is 2. The monoisotopic (exact) mass is 309 g/mol. The molecule has 0 aliphatic carbocycles. The average molecular weight is 310 g/mol. The number of hydrogen-bond acceptors (Lipinski definition) is 4. The lowest BCUT2D eigenvalue weighted by Gasteiger charge is -2.20. The number of rotatable bonds is 2. The number of aliphatic hydroxyl groups is 1. The summed E-state index contributed by atoms with van der Waals surface area (Å²) < 4.78 is 0.575. The molecule has 1 amide bonds. The van der Waals surface area contributed by atoms with Crippen LogP contribution in [0.3, 0.4) is 0 Å². The third-order valence-corrected chi connectivity index (χ3v) is 4.20. The van der Waals surface area contributed by atoms with Crippen LogP contribution < -0.4 is 0 Å². The molecular formula is C10H9Cl2NO4S. The van der Waals surface area contributed by atoms with Crippen molar-refractivity contribution in [1.29, 1.82) is 0 Å². The predicted octanol–water partition coefficient (Wildman–Crippen LogP) is 1.71. The summed E-state index contributed by atoms with van der Waals surface area (Å²) in [4.78, 5) is 24.3. The summed E-state index contributed by atoms with van der Waals surface area (Å²) in [6, 6.07) is 0.378. The van der Waals surface area contributed by atoms with E-state index < -0.39 is 24.0 Å². The van der Waals surface area contributed by atoms with Crippen LogP contribution in [0.5, 0.6) is 0 Å². The molecule has 1 aromatic rings. The fraction of sp³-hybridized carbons (Fsp3) is 0.400. The van der Waals surface area contributed by atoms with Crippen molar-refractivity contribution in [2.75, 3.05) is 6.54 Å². The second kappa shape index (κ2) is 5.05. The number of β-amino-alcohol motifs (C(OH)–C–C–N with tert-alkyl or cyclic N) is 1. The van der Waals surface area contributed by atoms with Gasteiger partial charge in [0.1, 0.15) is 10.4 Å². The summed E-state index contributed by atoms with van der Waals surface area (Å²) in [5.41, 5.74) is 0.173. The molecule has 0 aromatic carbocycles. The van der Waals surface area contributed by atoms with Gasteiger partial charge in [-0.05, 0) is 6.07 Å². The maximum Gasteiger partial charge on any atom is 0.326 e. The van der Waals surface area contributed by atoms with E-state index in [2.05, 4.69) is 0 Å². The van der Waals surface area contributed by atoms with Crippen LogP contribution in [-0.2, 0) is 4.79 Å². The molecule has 18 heavy (non-hydrogen) atoms. The highest BCUT2D eigenvalue weighted by Crippen LogP contribution is 2.33. The van der Waals surface area contributed by atoms with Gasteiger partial charge >= 0.3 is 5.97 Å². The Morgan fingerprint density at radius 3 is 2.61 bits per heavy atom. The first-order chi connectivity index (χ1) is 8.40. The van der Waals surface area contributed by atoms with Crippen molar-refractivity contribution in [3.63, 3.8) is 0 Å². The highest BCUT2D eigenvalue weighted by Gasteiger charge is 2.40. The molecule has 1 aromatic heterocycles. The van der Waals surface area contributed by atoms with E-state index in [-0.39, 0.29) is 22.9 Å². The van der Waals surface area contributed by atoms with Gasteiger partial charge < -0.3 is 15.1 Å². The smallest absolute Gasteiger partial charge is 0.326 e. The number of aliphatic carboxylic acids is 1. The predicted molar refractivity (Wildman–Crippen MR) is 67.4 cm³/mol. The zero-order chi connectivity index (χ0) is 13.4. The number of likely N-dealkylation sites (tertiary alicyclic amines) is 1. The summed E-state index contributed by atoms with van der Waals surface area (Å²) in [5, 5.41) is 18.5. The number of carbonyl (C=O) groups excluding carboxylic acids is 1. The molecule has 0 spiro atoms. The van der Waals surface area contributed by atoms with Gasteiger partial charge in [0.15, 0.2) is 0 Å². The lowest BCUT2D eigenvalue weighted by Crippen LogP contribution is -2.40. The molecular weight excluding hydrogens is 301 g/mol. The number of halogens is 2. The standard InChI is InChI=1S/C10H9Cl2NO4S/c11-7-2-5(8(12)18-7)9(15)13-3-4(14)1-6(13)10(16)17/h2,4,6,14H,1,3H2,(H,16,17)/t4-,6-/m1/s1. The van der Waals surface area contributed by atoms with E-state index >= 15 is 0 Å². The van der Waals surface area contributed by atoms with E-state index in [0.717, 1.165) is 16.2 Å². The van der Waals surface area contributed by atoms with E-state index in [1.807, 2.05) is 0 Å². The number of thiophene rings is 1. The number of nitrogens with zero attached hydrogens (tertiary/aromatic N) is 1. The second-order valence-corrected chi connectivity index (χ2v) is 6.22. The van der Waals surface area contributed by atoms with Crippen molar-refractivity contribution < 1.29 is 19.8 Å². The molecule has 1 fully saturated rings. The lowest BCUT2D eigenvalue weighted by atomic mass is 10.2. The van der Waals surface area contributed by atoms with Crippen LogP contribution in [0.4, 0.5) is 0 Å². The minimum atomic E-state index is -1.14. The zero-order valence-electron chi connectivity index (χ0n) is 8.97. The SMILES string of the molecule is O=C(O)[C@H]1C[C@@H](O)CN1C(=O)c1cc(Cl)sc1Cl. The first kappa shape index (κ1) is 13.6. The van der Waals surface area contributed by atoms with E-state index in [9.17, 15) is 14.7 Å². The Hall–Kier alpha value is -0.820. The maximum absolute atomic E-state index is 12.2. The molecule has 2 N–H and O–H groups in total. The molecule has 1 saturated heterocycles. The van der Waals surface area contributed by atoms with Crippen LogP contribution in [0, 0.1) is 0 Å². The van der Waals surface area contributed by atoms with Gasteiger partial charge in [-0.1, -0.05) is 23.2 Å². The van der Waals surface area contributed by atoms with Crippen molar-refractivity contribution in [3.05, 3.63) is 20.3 Å². The summed E-state index contributed by atoms with van der Waals surface area (Å²) in [6.07, 6.45) is -0.806. The van der Waals surface area contributed by atoms with Gasteiger partial charge in [-0.15, -0.1) is 11.3 Å². The molecule has 2 atom stereocenters. The van der Waals surface area contributed by atoms with Crippen molar-refractivity contribution in [1.82, 2.24) is 4.90 Å². The molecule has 2 rings (SSSR count). The molecule has 2 heterocycles. The molecule has 0 bridgehead atoms. The average Bonchev–Trinajstić information content (AvgIpc) is 2.81. The largest absolute Gasteiger partial charge is 0.480 e. The summed E-state index contributed by atoms with van der Waals surface area (Å²) in [7, 11) is 0. The molecule has 1 aliphatic rings. The van der Waals surface area contributed by atoms with E-state index in [1.54, 1.807) is 0 Å². The zero-order valence-corrected chi connectivity index (χ0v) is 11.3.